The van der Waals surface area contributed by atoms with Crippen molar-refractivity contribution in [3.05, 3.63) is 81.9 Å². The molecular weight excluding hydrogens is 418 g/mol. The van der Waals surface area contributed by atoms with Gasteiger partial charge in [0.25, 0.3) is 5.56 Å². The van der Waals surface area contributed by atoms with Gasteiger partial charge in [0.15, 0.2) is 0 Å². The predicted molar refractivity (Wildman–Crippen MR) is 133 cm³/mol. The molecule has 32 heavy (non-hydrogen) atoms. The lowest BCUT2D eigenvalue weighted by Gasteiger charge is -2.20. The van der Waals surface area contributed by atoms with Crippen LogP contribution in [0.2, 0.25) is 0 Å². The van der Waals surface area contributed by atoms with Crippen LogP contribution in [0.3, 0.4) is 0 Å². The molecule has 1 atom stereocenters. The number of para-hydroxylation sites is 1. The molecule has 6 heteroatoms. The maximum atomic E-state index is 13.4. The molecular formula is C26H27N3O2S. The Kier molecular flexibility index (Phi) is 6.24. The number of hydrogen-bond acceptors (Lipinski definition) is 4. The Bertz CT molecular complexity index is 1320. The Morgan fingerprint density at radius 2 is 1.72 bits per heavy atom. The van der Waals surface area contributed by atoms with Crippen LogP contribution in [-0.2, 0) is 17.6 Å². The van der Waals surface area contributed by atoms with E-state index < -0.39 is 6.04 Å². The van der Waals surface area contributed by atoms with Crippen molar-refractivity contribution >= 4 is 33.1 Å². The number of hydrogen-bond donors (Lipinski definition) is 1. The number of carbonyl (C=O) groups excluding carboxylic acids is 1. The molecule has 1 amide bonds. The summed E-state index contributed by atoms with van der Waals surface area (Å²) in [6.07, 6.45) is 1.64. The Hall–Kier alpha value is -3.25. The van der Waals surface area contributed by atoms with Crippen molar-refractivity contribution in [3.8, 4) is 10.4 Å². The molecule has 0 fully saturated rings. The summed E-state index contributed by atoms with van der Waals surface area (Å²) in [6, 6.07) is 17.2. The molecule has 2 aromatic carbocycles. The molecule has 1 N–H and O–H groups in total. The molecule has 5 nitrogen and oxygen atoms in total. The smallest absolute Gasteiger partial charge is 0.263 e. The summed E-state index contributed by atoms with van der Waals surface area (Å²) >= 11 is 1.50. The SMILES string of the molecule is CCc1cccc(CC)c1NC(=O)C(C)n1c(C)nc2sc(-c3ccccc3)cc2c1=O. The summed E-state index contributed by atoms with van der Waals surface area (Å²) in [7, 11) is 0. The Labute approximate surface area is 191 Å². The molecule has 0 aliphatic heterocycles. The van der Waals surface area contributed by atoms with Crippen molar-refractivity contribution in [2.45, 2.75) is 46.6 Å². The van der Waals surface area contributed by atoms with E-state index in [1.807, 2.05) is 54.6 Å². The first-order valence-electron chi connectivity index (χ1n) is 10.9. The average molecular weight is 446 g/mol. The number of nitrogens with one attached hydrogen (secondary N) is 1. The number of aromatic nitrogens is 2. The Balaban J connectivity index is 1.72. The molecule has 2 aromatic heterocycles. The first-order chi connectivity index (χ1) is 15.4. The molecule has 2 heterocycles. The molecule has 4 aromatic rings. The van der Waals surface area contributed by atoms with Crippen LogP contribution in [0.25, 0.3) is 20.7 Å². The van der Waals surface area contributed by atoms with Gasteiger partial charge in [0.1, 0.15) is 16.7 Å². The van der Waals surface area contributed by atoms with Crippen LogP contribution in [0, 0.1) is 6.92 Å². The highest BCUT2D eigenvalue weighted by molar-refractivity contribution is 7.21. The summed E-state index contributed by atoms with van der Waals surface area (Å²) in [4.78, 5) is 33.0. The van der Waals surface area contributed by atoms with Crippen molar-refractivity contribution in [1.29, 1.82) is 0 Å². The monoisotopic (exact) mass is 445 g/mol. The predicted octanol–water partition coefficient (Wildman–Crippen LogP) is 5.76. The van der Waals surface area contributed by atoms with Crippen molar-refractivity contribution in [3.63, 3.8) is 0 Å². The van der Waals surface area contributed by atoms with Gasteiger partial charge in [0.2, 0.25) is 5.91 Å². The van der Waals surface area contributed by atoms with Gasteiger partial charge in [-0.15, -0.1) is 11.3 Å². The molecule has 0 radical (unpaired) electrons. The van der Waals surface area contributed by atoms with E-state index in [0.717, 1.165) is 40.1 Å². The van der Waals surface area contributed by atoms with Crippen LogP contribution in [0.5, 0.6) is 0 Å². The normalized spacial score (nSPS) is 12.1. The van der Waals surface area contributed by atoms with E-state index in [1.165, 1.54) is 15.9 Å². The zero-order valence-electron chi connectivity index (χ0n) is 18.8. The number of aryl methyl sites for hydroxylation is 3. The van der Waals surface area contributed by atoms with Gasteiger partial charge in [0, 0.05) is 10.6 Å². The van der Waals surface area contributed by atoms with Crippen LogP contribution in [-0.4, -0.2) is 15.5 Å². The van der Waals surface area contributed by atoms with Gasteiger partial charge in [-0.25, -0.2) is 4.98 Å². The highest BCUT2D eigenvalue weighted by Crippen LogP contribution is 2.31. The largest absolute Gasteiger partial charge is 0.324 e. The van der Waals surface area contributed by atoms with Gasteiger partial charge in [-0.1, -0.05) is 62.4 Å². The summed E-state index contributed by atoms with van der Waals surface area (Å²) < 4.78 is 1.50. The van der Waals surface area contributed by atoms with Crippen molar-refractivity contribution in [2.75, 3.05) is 5.32 Å². The fourth-order valence-electron chi connectivity index (χ4n) is 4.04. The average Bonchev–Trinajstić information content (AvgIpc) is 3.24. The lowest BCUT2D eigenvalue weighted by atomic mass is 10.0. The summed E-state index contributed by atoms with van der Waals surface area (Å²) in [5, 5.41) is 3.63. The van der Waals surface area contributed by atoms with Crippen LogP contribution in [0.4, 0.5) is 5.69 Å². The molecule has 0 spiro atoms. The lowest BCUT2D eigenvalue weighted by Crippen LogP contribution is -2.34. The lowest BCUT2D eigenvalue weighted by molar-refractivity contribution is -0.118. The maximum Gasteiger partial charge on any atom is 0.263 e. The molecule has 4 rings (SSSR count). The number of thiophene rings is 1. The van der Waals surface area contributed by atoms with E-state index >= 15 is 0 Å². The van der Waals surface area contributed by atoms with Crippen molar-refractivity contribution in [1.82, 2.24) is 9.55 Å². The molecule has 0 saturated heterocycles. The third kappa shape index (κ3) is 3.98. The number of anilines is 1. The summed E-state index contributed by atoms with van der Waals surface area (Å²) in [5.74, 6) is 0.316. The van der Waals surface area contributed by atoms with Gasteiger partial charge in [-0.2, -0.15) is 0 Å². The Morgan fingerprint density at radius 1 is 1.06 bits per heavy atom. The van der Waals surface area contributed by atoms with Crippen LogP contribution >= 0.6 is 11.3 Å². The van der Waals surface area contributed by atoms with E-state index in [0.29, 0.717) is 16.0 Å². The number of amides is 1. The third-order valence-electron chi connectivity index (χ3n) is 5.85. The van der Waals surface area contributed by atoms with Gasteiger partial charge in [-0.3, -0.25) is 14.2 Å². The minimum Gasteiger partial charge on any atom is -0.324 e. The van der Waals surface area contributed by atoms with E-state index in [4.69, 9.17) is 0 Å². The molecule has 164 valence electrons. The molecule has 0 bridgehead atoms. The van der Waals surface area contributed by atoms with Gasteiger partial charge in [-0.05, 0) is 49.4 Å². The molecule has 0 aliphatic rings. The van der Waals surface area contributed by atoms with E-state index in [1.54, 1.807) is 13.8 Å². The highest BCUT2D eigenvalue weighted by atomic mass is 32.1. The second-order valence-corrected chi connectivity index (χ2v) is 8.88. The quantitative estimate of drug-likeness (QED) is 0.410. The standard InChI is InChI=1S/C26H27N3O2S/c1-5-18-13-10-14-19(6-2)23(18)28-24(30)16(3)29-17(4)27-25-21(26(29)31)15-22(32-25)20-11-8-7-9-12-20/h7-16H,5-6H2,1-4H3,(H,28,30). The van der Waals surface area contributed by atoms with Gasteiger partial charge in [0.05, 0.1) is 5.39 Å². The molecule has 1 unspecified atom stereocenters. The number of nitrogens with zero attached hydrogens (tertiary/aromatic N) is 2. The van der Waals surface area contributed by atoms with Crippen LogP contribution in [0.15, 0.2) is 59.4 Å². The molecule has 0 saturated carbocycles. The first-order valence-corrected chi connectivity index (χ1v) is 11.8. The minimum absolute atomic E-state index is 0.187. The second-order valence-electron chi connectivity index (χ2n) is 7.85. The zero-order valence-corrected chi connectivity index (χ0v) is 19.6. The number of fused-ring (bicyclic) bond motifs is 1. The minimum atomic E-state index is -0.686. The number of carbonyl (C=O) groups is 1. The van der Waals surface area contributed by atoms with Crippen LogP contribution < -0.4 is 10.9 Å². The topological polar surface area (TPSA) is 64.0 Å². The number of benzene rings is 2. The Morgan fingerprint density at radius 3 is 2.34 bits per heavy atom. The fourth-order valence-corrected chi connectivity index (χ4v) is 5.12. The van der Waals surface area contributed by atoms with Crippen LogP contribution in [0.1, 0.15) is 43.8 Å². The van der Waals surface area contributed by atoms with Crippen molar-refractivity contribution in [2.24, 2.45) is 0 Å². The number of rotatable bonds is 6. The summed E-state index contributed by atoms with van der Waals surface area (Å²) in [5.41, 5.74) is 3.90. The zero-order chi connectivity index (χ0) is 22.8. The highest BCUT2D eigenvalue weighted by Gasteiger charge is 2.23. The maximum absolute atomic E-state index is 13.4. The first kappa shape index (κ1) is 22.0. The van der Waals surface area contributed by atoms with E-state index in [2.05, 4.69) is 24.1 Å². The van der Waals surface area contributed by atoms with Gasteiger partial charge < -0.3 is 5.32 Å². The van der Waals surface area contributed by atoms with E-state index in [9.17, 15) is 9.59 Å². The second kappa shape index (κ2) is 9.09. The van der Waals surface area contributed by atoms with Gasteiger partial charge >= 0.3 is 0 Å². The van der Waals surface area contributed by atoms with E-state index in [-0.39, 0.29) is 11.5 Å². The third-order valence-corrected chi connectivity index (χ3v) is 6.92. The summed E-state index contributed by atoms with van der Waals surface area (Å²) in [6.45, 7) is 7.67. The molecule has 0 aliphatic carbocycles. The fraction of sp³-hybridized carbons (Fsp3) is 0.269. The van der Waals surface area contributed by atoms with Crippen molar-refractivity contribution < 1.29 is 4.79 Å².